The minimum absolute atomic E-state index is 0.0138. The summed E-state index contributed by atoms with van der Waals surface area (Å²) in [6.45, 7) is 8.13. The van der Waals surface area contributed by atoms with E-state index in [2.05, 4.69) is 20.8 Å². The summed E-state index contributed by atoms with van der Waals surface area (Å²) >= 11 is 6.39. The van der Waals surface area contributed by atoms with Crippen LogP contribution in [0.4, 0.5) is 5.69 Å². The van der Waals surface area contributed by atoms with E-state index in [9.17, 15) is 14.7 Å². The van der Waals surface area contributed by atoms with Gasteiger partial charge in [0.15, 0.2) is 11.5 Å². The van der Waals surface area contributed by atoms with E-state index in [0.717, 1.165) is 5.56 Å². The second-order valence-corrected chi connectivity index (χ2v) is 10.4. The Bertz CT molecular complexity index is 1400. The second kappa shape index (κ2) is 9.94. The molecule has 1 aliphatic rings. The monoisotopic (exact) mass is 519 g/mol. The third kappa shape index (κ3) is 4.69. The Morgan fingerprint density at radius 2 is 1.59 bits per heavy atom. The maximum absolute atomic E-state index is 13.5. The Labute approximate surface area is 222 Å². The first-order valence-electron chi connectivity index (χ1n) is 11.9. The van der Waals surface area contributed by atoms with Crippen molar-refractivity contribution in [2.75, 3.05) is 19.1 Å². The summed E-state index contributed by atoms with van der Waals surface area (Å²) in [6.07, 6.45) is 0. The summed E-state index contributed by atoms with van der Waals surface area (Å²) in [4.78, 5) is 28.4. The predicted octanol–water partition coefficient (Wildman–Crippen LogP) is 6.59. The molecule has 0 radical (unpaired) electrons. The zero-order valence-corrected chi connectivity index (χ0v) is 22.5. The van der Waals surface area contributed by atoms with Crippen molar-refractivity contribution in [1.82, 2.24) is 0 Å². The van der Waals surface area contributed by atoms with E-state index in [1.807, 2.05) is 24.3 Å². The third-order valence-electron chi connectivity index (χ3n) is 6.69. The van der Waals surface area contributed by atoms with Crippen LogP contribution in [-0.4, -0.2) is 31.0 Å². The SMILES string of the molecule is COc1ccc(/C(O)=C2\C(=O)C(=O)N(c3cccc(Cl)c3C)C2c2ccc(C(C)(C)C)cc2)cc1OC. The molecule has 0 aromatic heterocycles. The first-order chi connectivity index (χ1) is 17.5. The standard InChI is InChI=1S/C30H30ClNO5/c1-17-21(31)8-7-9-22(17)32-26(18-10-13-20(14-11-18)30(2,3)4)25(28(34)29(32)35)27(33)19-12-15-23(36-5)24(16-19)37-6/h7-16,26,33H,1-6H3/b27-25+. The fourth-order valence-electron chi connectivity index (χ4n) is 4.56. The van der Waals surface area contributed by atoms with Gasteiger partial charge in [-0.1, -0.05) is 62.7 Å². The molecule has 1 fully saturated rings. The van der Waals surface area contributed by atoms with Crippen LogP contribution in [0.2, 0.25) is 5.02 Å². The largest absolute Gasteiger partial charge is 0.507 e. The van der Waals surface area contributed by atoms with Crippen LogP contribution in [0.15, 0.2) is 66.2 Å². The summed E-state index contributed by atoms with van der Waals surface area (Å²) in [5.74, 6) is -0.957. The Morgan fingerprint density at radius 3 is 2.19 bits per heavy atom. The van der Waals surface area contributed by atoms with Crippen LogP contribution in [0.1, 0.15) is 49.1 Å². The molecule has 1 N–H and O–H groups in total. The van der Waals surface area contributed by atoms with Gasteiger partial charge in [-0.15, -0.1) is 0 Å². The quantitative estimate of drug-likeness (QED) is 0.234. The van der Waals surface area contributed by atoms with Crippen molar-refractivity contribution in [3.8, 4) is 11.5 Å². The molecule has 0 saturated carbocycles. The fraction of sp³-hybridized carbons (Fsp3) is 0.267. The Balaban J connectivity index is 1.97. The maximum Gasteiger partial charge on any atom is 0.300 e. The lowest BCUT2D eigenvalue weighted by Gasteiger charge is -2.28. The number of anilines is 1. The number of hydrogen-bond donors (Lipinski definition) is 1. The average Bonchev–Trinajstić information content (AvgIpc) is 3.14. The molecule has 1 amide bonds. The number of aliphatic hydroxyl groups is 1. The molecule has 1 heterocycles. The summed E-state index contributed by atoms with van der Waals surface area (Å²) in [5, 5.41) is 11.9. The van der Waals surface area contributed by atoms with E-state index >= 15 is 0 Å². The first-order valence-corrected chi connectivity index (χ1v) is 12.3. The molecule has 6 nitrogen and oxygen atoms in total. The van der Waals surface area contributed by atoms with Crippen molar-refractivity contribution >= 4 is 34.7 Å². The van der Waals surface area contributed by atoms with E-state index in [0.29, 0.717) is 38.9 Å². The number of carbonyl (C=O) groups is 2. The molecule has 192 valence electrons. The molecule has 0 bridgehead atoms. The molecule has 0 spiro atoms. The number of Topliss-reactive ketones (excluding diaryl/α,β-unsaturated/α-hetero) is 1. The predicted molar refractivity (Wildman–Crippen MR) is 146 cm³/mol. The lowest BCUT2D eigenvalue weighted by Crippen LogP contribution is -2.30. The molecular weight excluding hydrogens is 490 g/mol. The summed E-state index contributed by atoms with van der Waals surface area (Å²) in [5.41, 5.74) is 3.19. The Morgan fingerprint density at radius 1 is 0.946 bits per heavy atom. The van der Waals surface area contributed by atoms with Crippen LogP contribution in [0, 0.1) is 6.92 Å². The Kier molecular flexibility index (Phi) is 7.07. The number of hydrogen-bond acceptors (Lipinski definition) is 5. The average molecular weight is 520 g/mol. The van der Waals surface area contributed by atoms with Gasteiger partial charge >= 0.3 is 0 Å². The molecular formula is C30H30ClNO5. The number of rotatable bonds is 5. The van der Waals surface area contributed by atoms with Crippen molar-refractivity contribution in [3.05, 3.63) is 93.5 Å². The van der Waals surface area contributed by atoms with Gasteiger partial charge in [0, 0.05) is 16.3 Å². The number of nitrogens with zero attached hydrogens (tertiary/aromatic N) is 1. The van der Waals surface area contributed by atoms with Gasteiger partial charge < -0.3 is 14.6 Å². The minimum atomic E-state index is -0.862. The highest BCUT2D eigenvalue weighted by Crippen LogP contribution is 2.45. The zero-order valence-electron chi connectivity index (χ0n) is 21.8. The molecule has 1 atom stereocenters. The summed E-state index contributed by atoms with van der Waals surface area (Å²) in [7, 11) is 3.00. The van der Waals surface area contributed by atoms with Crippen LogP contribution < -0.4 is 14.4 Å². The van der Waals surface area contributed by atoms with E-state index in [-0.39, 0.29) is 16.7 Å². The lowest BCUT2D eigenvalue weighted by atomic mass is 9.85. The van der Waals surface area contributed by atoms with Gasteiger partial charge in [0.25, 0.3) is 11.7 Å². The highest BCUT2D eigenvalue weighted by molar-refractivity contribution is 6.52. The van der Waals surface area contributed by atoms with Crippen molar-refractivity contribution in [3.63, 3.8) is 0 Å². The summed E-state index contributed by atoms with van der Waals surface area (Å²) < 4.78 is 10.7. The first kappa shape index (κ1) is 26.3. The number of carbonyl (C=O) groups excluding carboxylic acids is 2. The molecule has 1 unspecified atom stereocenters. The number of methoxy groups -OCH3 is 2. The van der Waals surface area contributed by atoms with E-state index in [1.165, 1.54) is 19.1 Å². The van der Waals surface area contributed by atoms with E-state index in [1.54, 1.807) is 43.3 Å². The summed E-state index contributed by atoms with van der Waals surface area (Å²) in [6, 6.07) is 16.9. The normalized spacial score (nSPS) is 17.3. The molecule has 1 saturated heterocycles. The molecule has 3 aromatic carbocycles. The van der Waals surface area contributed by atoms with Crippen LogP contribution in [-0.2, 0) is 15.0 Å². The van der Waals surface area contributed by atoms with Gasteiger partial charge in [-0.3, -0.25) is 14.5 Å². The number of ether oxygens (including phenoxy) is 2. The van der Waals surface area contributed by atoms with Crippen molar-refractivity contribution in [1.29, 1.82) is 0 Å². The van der Waals surface area contributed by atoms with Crippen molar-refractivity contribution < 1.29 is 24.2 Å². The van der Waals surface area contributed by atoms with E-state index < -0.39 is 17.7 Å². The topological polar surface area (TPSA) is 76.1 Å². The van der Waals surface area contributed by atoms with Gasteiger partial charge in [-0.2, -0.15) is 0 Å². The molecule has 4 rings (SSSR count). The number of halogens is 1. The van der Waals surface area contributed by atoms with Crippen LogP contribution in [0.5, 0.6) is 11.5 Å². The van der Waals surface area contributed by atoms with Gasteiger partial charge in [-0.05, 0) is 59.4 Å². The Hall–Kier alpha value is -3.77. The zero-order chi connectivity index (χ0) is 27.1. The van der Waals surface area contributed by atoms with Crippen molar-refractivity contribution in [2.24, 2.45) is 0 Å². The highest BCUT2D eigenvalue weighted by atomic mass is 35.5. The molecule has 3 aromatic rings. The molecule has 37 heavy (non-hydrogen) atoms. The van der Waals surface area contributed by atoms with Gasteiger partial charge in [-0.25, -0.2) is 0 Å². The van der Waals surface area contributed by atoms with E-state index in [4.69, 9.17) is 21.1 Å². The van der Waals surface area contributed by atoms with Gasteiger partial charge in [0.1, 0.15) is 5.76 Å². The number of aliphatic hydroxyl groups excluding tert-OH is 1. The third-order valence-corrected chi connectivity index (χ3v) is 7.10. The van der Waals surface area contributed by atoms with Crippen LogP contribution >= 0.6 is 11.6 Å². The fourth-order valence-corrected chi connectivity index (χ4v) is 4.73. The number of ketones is 1. The maximum atomic E-state index is 13.5. The smallest absolute Gasteiger partial charge is 0.300 e. The van der Waals surface area contributed by atoms with Gasteiger partial charge in [0.05, 0.1) is 25.8 Å². The second-order valence-electron chi connectivity index (χ2n) is 9.99. The van der Waals surface area contributed by atoms with Crippen LogP contribution in [0.3, 0.4) is 0 Å². The molecule has 7 heteroatoms. The number of benzene rings is 3. The van der Waals surface area contributed by atoms with Crippen molar-refractivity contribution in [2.45, 2.75) is 39.2 Å². The molecule has 0 aliphatic carbocycles. The highest BCUT2D eigenvalue weighted by Gasteiger charge is 2.47. The number of amides is 1. The van der Waals surface area contributed by atoms with Crippen LogP contribution in [0.25, 0.3) is 5.76 Å². The lowest BCUT2D eigenvalue weighted by molar-refractivity contribution is -0.132. The molecule has 1 aliphatic heterocycles. The minimum Gasteiger partial charge on any atom is -0.507 e. The van der Waals surface area contributed by atoms with Gasteiger partial charge in [0.2, 0.25) is 0 Å².